The molecule has 2 nitrogen and oxygen atoms in total. The predicted molar refractivity (Wildman–Crippen MR) is 57.9 cm³/mol. The second-order valence-corrected chi connectivity index (χ2v) is 4.65. The largest absolute Gasteiger partial charge is 0.322 e. The summed E-state index contributed by atoms with van der Waals surface area (Å²) in [5, 5.41) is 3.18. The van der Waals surface area contributed by atoms with Crippen molar-refractivity contribution in [3.05, 3.63) is 16.1 Å². The molecule has 1 heterocycles. The molecule has 2 N–H and O–H groups in total. The molecule has 0 bridgehead atoms. The predicted octanol–water partition coefficient (Wildman–Crippen LogP) is 2.89. The summed E-state index contributed by atoms with van der Waals surface area (Å²) in [4.78, 5) is 4.41. The molecule has 0 aliphatic carbocycles. The fourth-order valence-electron chi connectivity index (χ4n) is 1.46. The first-order chi connectivity index (χ1) is 6.15. The third-order valence-corrected chi connectivity index (χ3v) is 3.13. The Balaban J connectivity index is 2.61. The van der Waals surface area contributed by atoms with Crippen molar-refractivity contribution in [2.24, 2.45) is 11.7 Å². The number of aryl methyl sites for hydroxylation is 1. The first-order valence-electron chi connectivity index (χ1n) is 4.82. The van der Waals surface area contributed by atoms with E-state index in [1.165, 1.54) is 12.8 Å². The van der Waals surface area contributed by atoms with Gasteiger partial charge >= 0.3 is 0 Å². The average Bonchev–Trinajstić information content (AvgIpc) is 2.51. The normalized spacial score (nSPS) is 15.7. The first kappa shape index (κ1) is 10.7. The van der Waals surface area contributed by atoms with Gasteiger partial charge in [0.2, 0.25) is 0 Å². The standard InChI is InChI=1S/C10H18N2S/c1-4-5-7(2)10(11)9-6-13-8(3)12-9/h6-7,10H,4-5,11H2,1-3H3. The van der Waals surface area contributed by atoms with Crippen LogP contribution in [0.15, 0.2) is 5.38 Å². The fourth-order valence-corrected chi connectivity index (χ4v) is 2.12. The Bertz CT molecular complexity index is 257. The lowest BCUT2D eigenvalue weighted by molar-refractivity contribution is 0.427. The van der Waals surface area contributed by atoms with Gasteiger partial charge in [-0.25, -0.2) is 4.98 Å². The van der Waals surface area contributed by atoms with Gasteiger partial charge in [-0.3, -0.25) is 0 Å². The van der Waals surface area contributed by atoms with Gasteiger partial charge in [-0.1, -0.05) is 20.3 Å². The van der Waals surface area contributed by atoms with Crippen LogP contribution in [-0.2, 0) is 0 Å². The van der Waals surface area contributed by atoms with Gasteiger partial charge in [0, 0.05) is 5.38 Å². The van der Waals surface area contributed by atoms with Crippen LogP contribution in [0.4, 0.5) is 0 Å². The number of nitrogens with two attached hydrogens (primary N) is 1. The zero-order chi connectivity index (χ0) is 9.84. The van der Waals surface area contributed by atoms with E-state index in [0.717, 1.165) is 10.7 Å². The van der Waals surface area contributed by atoms with Crippen molar-refractivity contribution < 1.29 is 0 Å². The lowest BCUT2D eigenvalue weighted by Gasteiger charge is -2.16. The van der Waals surface area contributed by atoms with E-state index in [9.17, 15) is 0 Å². The van der Waals surface area contributed by atoms with Gasteiger partial charge < -0.3 is 5.73 Å². The van der Waals surface area contributed by atoms with Gasteiger partial charge in [-0.15, -0.1) is 11.3 Å². The van der Waals surface area contributed by atoms with E-state index < -0.39 is 0 Å². The van der Waals surface area contributed by atoms with Gasteiger partial charge in [-0.05, 0) is 19.3 Å². The Kier molecular flexibility index (Phi) is 3.88. The van der Waals surface area contributed by atoms with E-state index in [1.54, 1.807) is 11.3 Å². The molecular formula is C10H18N2S. The smallest absolute Gasteiger partial charge is 0.0898 e. The molecule has 1 aromatic heterocycles. The molecule has 1 rings (SSSR count). The Morgan fingerprint density at radius 2 is 2.31 bits per heavy atom. The Morgan fingerprint density at radius 3 is 2.77 bits per heavy atom. The molecule has 74 valence electrons. The number of hydrogen-bond acceptors (Lipinski definition) is 3. The summed E-state index contributed by atoms with van der Waals surface area (Å²) in [5.74, 6) is 0.534. The molecule has 0 saturated carbocycles. The maximum absolute atomic E-state index is 6.08. The zero-order valence-corrected chi connectivity index (χ0v) is 9.40. The summed E-state index contributed by atoms with van der Waals surface area (Å²) >= 11 is 1.68. The molecule has 0 saturated heterocycles. The summed E-state index contributed by atoms with van der Waals surface area (Å²) in [6, 6.07) is 0.116. The summed E-state index contributed by atoms with van der Waals surface area (Å²) in [5.41, 5.74) is 7.14. The first-order valence-corrected chi connectivity index (χ1v) is 5.70. The molecular weight excluding hydrogens is 180 g/mol. The van der Waals surface area contributed by atoms with Crippen LogP contribution in [0.1, 0.15) is 43.4 Å². The second-order valence-electron chi connectivity index (χ2n) is 3.58. The Hall–Kier alpha value is -0.410. The monoisotopic (exact) mass is 198 g/mol. The minimum atomic E-state index is 0.116. The molecule has 0 fully saturated rings. The number of nitrogens with zero attached hydrogens (tertiary/aromatic N) is 1. The maximum Gasteiger partial charge on any atom is 0.0898 e. The Morgan fingerprint density at radius 1 is 1.62 bits per heavy atom. The van der Waals surface area contributed by atoms with E-state index in [2.05, 4.69) is 24.2 Å². The topological polar surface area (TPSA) is 38.9 Å². The van der Waals surface area contributed by atoms with Gasteiger partial charge in [-0.2, -0.15) is 0 Å². The molecule has 3 heteroatoms. The molecule has 0 amide bonds. The fraction of sp³-hybridized carbons (Fsp3) is 0.700. The number of hydrogen-bond donors (Lipinski definition) is 1. The Labute approximate surface area is 84.2 Å². The lowest BCUT2D eigenvalue weighted by Crippen LogP contribution is -2.19. The zero-order valence-electron chi connectivity index (χ0n) is 8.58. The van der Waals surface area contributed by atoms with E-state index in [-0.39, 0.29) is 6.04 Å². The van der Waals surface area contributed by atoms with Crippen LogP contribution >= 0.6 is 11.3 Å². The van der Waals surface area contributed by atoms with Gasteiger partial charge in [0.25, 0.3) is 0 Å². The van der Waals surface area contributed by atoms with E-state index >= 15 is 0 Å². The summed E-state index contributed by atoms with van der Waals surface area (Å²) in [6.07, 6.45) is 2.37. The number of aromatic nitrogens is 1. The highest BCUT2D eigenvalue weighted by Gasteiger charge is 2.16. The summed E-state index contributed by atoms with van der Waals surface area (Å²) in [7, 11) is 0. The van der Waals surface area contributed by atoms with Gasteiger partial charge in [0.15, 0.2) is 0 Å². The van der Waals surface area contributed by atoms with Crippen molar-refractivity contribution in [3.8, 4) is 0 Å². The molecule has 0 radical (unpaired) electrons. The molecule has 1 aromatic rings. The molecule has 0 aromatic carbocycles. The highest BCUT2D eigenvalue weighted by molar-refractivity contribution is 7.09. The molecule has 0 aliphatic heterocycles. The van der Waals surface area contributed by atoms with Gasteiger partial charge in [0.05, 0.1) is 16.7 Å². The minimum Gasteiger partial charge on any atom is -0.322 e. The van der Waals surface area contributed by atoms with Crippen LogP contribution in [0.5, 0.6) is 0 Å². The number of thiazole rings is 1. The molecule has 2 unspecified atom stereocenters. The van der Waals surface area contributed by atoms with Crippen molar-refractivity contribution in [1.29, 1.82) is 0 Å². The average molecular weight is 198 g/mol. The summed E-state index contributed by atoms with van der Waals surface area (Å²) < 4.78 is 0. The third kappa shape index (κ3) is 2.78. The van der Waals surface area contributed by atoms with Crippen LogP contribution in [-0.4, -0.2) is 4.98 Å². The van der Waals surface area contributed by atoms with Crippen LogP contribution in [0.2, 0.25) is 0 Å². The molecule has 0 spiro atoms. The minimum absolute atomic E-state index is 0.116. The van der Waals surface area contributed by atoms with E-state index in [4.69, 9.17) is 5.73 Å². The van der Waals surface area contributed by atoms with Crippen LogP contribution in [0.3, 0.4) is 0 Å². The lowest BCUT2D eigenvalue weighted by atomic mass is 9.96. The van der Waals surface area contributed by atoms with Crippen molar-refractivity contribution in [2.75, 3.05) is 0 Å². The maximum atomic E-state index is 6.08. The van der Waals surface area contributed by atoms with Crippen LogP contribution in [0, 0.1) is 12.8 Å². The van der Waals surface area contributed by atoms with Gasteiger partial charge in [0.1, 0.15) is 0 Å². The van der Waals surface area contributed by atoms with E-state index in [1.807, 2.05) is 6.92 Å². The highest BCUT2D eigenvalue weighted by Crippen LogP contribution is 2.23. The van der Waals surface area contributed by atoms with Crippen LogP contribution in [0.25, 0.3) is 0 Å². The second kappa shape index (κ2) is 4.72. The summed E-state index contributed by atoms with van der Waals surface area (Å²) in [6.45, 7) is 6.41. The highest BCUT2D eigenvalue weighted by atomic mass is 32.1. The third-order valence-electron chi connectivity index (χ3n) is 2.34. The van der Waals surface area contributed by atoms with Crippen molar-refractivity contribution >= 4 is 11.3 Å². The number of rotatable bonds is 4. The molecule has 13 heavy (non-hydrogen) atoms. The quantitative estimate of drug-likeness (QED) is 0.808. The van der Waals surface area contributed by atoms with Crippen LogP contribution < -0.4 is 5.73 Å². The molecule has 2 atom stereocenters. The molecule has 0 aliphatic rings. The van der Waals surface area contributed by atoms with Crippen molar-refractivity contribution in [2.45, 2.75) is 39.7 Å². The van der Waals surface area contributed by atoms with Crippen molar-refractivity contribution in [3.63, 3.8) is 0 Å². The van der Waals surface area contributed by atoms with E-state index in [0.29, 0.717) is 5.92 Å². The van der Waals surface area contributed by atoms with Crippen molar-refractivity contribution in [1.82, 2.24) is 4.98 Å². The SMILES string of the molecule is CCCC(C)C(N)c1csc(C)n1.